The van der Waals surface area contributed by atoms with E-state index in [9.17, 15) is 0 Å². The minimum atomic E-state index is 0.236. The van der Waals surface area contributed by atoms with Crippen molar-refractivity contribution in [3.63, 3.8) is 0 Å². The van der Waals surface area contributed by atoms with Crippen molar-refractivity contribution in [1.29, 1.82) is 0 Å². The fraction of sp³-hybridized carbons (Fsp3) is 0.600. The van der Waals surface area contributed by atoms with Gasteiger partial charge in [-0.3, -0.25) is 4.99 Å². The summed E-state index contributed by atoms with van der Waals surface area (Å²) in [5, 5.41) is 11.4. The summed E-state index contributed by atoms with van der Waals surface area (Å²) in [5.74, 6) is 3.18. The fourth-order valence-electron chi connectivity index (χ4n) is 3.24. The Labute approximate surface area is 171 Å². The third kappa shape index (κ3) is 5.90. The average Bonchev–Trinajstić information content (AvgIpc) is 3.14. The van der Waals surface area contributed by atoms with Crippen molar-refractivity contribution < 1.29 is 9.47 Å². The highest BCUT2D eigenvalue weighted by molar-refractivity contribution is 5.80. The molecule has 0 aromatic carbocycles. The van der Waals surface area contributed by atoms with E-state index in [0.717, 1.165) is 55.4 Å². The molecular weight excluding hydrogens is 370 g/mol. The van der Waals surface area contributed by atoms with Gasteiger partial charge in [0.25, 0.3) is 0 Å². The van der Waals surface area contributed by atoms with Gasteiger partial charge in [-0.15, -0.1) is 0 Å². The second kappa shape index (κ2) is 10.8. The van der Waals surface area contributed by atoms with E-state index in [1.165, 1.54) is 0 Å². The number of hydrogen-bond donors (Lipinski definition) is 2. The number of hydrogen-bond acceptors (Lipinski definition) is 6. The summed E-state index contributed by atoms with van der Waals surface area (Å²) in [7, 11) is 3.43. The molecule has 0 saturated heterocycles. The number of rotatable bonds is 9. The largest absolute Gasteiger partial charge is 0.477 e. The normalized spacial score (nSPS) is 16.4. The predicted octanol–water partition coefficient (Wildman–Crippen LogP) is 1.68. The first-order valence-electron chi connectivity index (χ1n) is 10.2. The van der Waals surface area contributed by atoms with Crippen molar-refractivity contribution in [2.75, 3.05) is 20.8 Å². The molecule has 29 heavy (non-hydrogen) atoms. The summed E-state index contributed by atoms with van der Waals surface area (Å²) < 4.78 is 12.9. The highest BCUT2D eigenvalue weighted by atomic mass is 16.5. The molecule has 0 fully saturated rings. The smallest absolute Gasteiger partial charge is 0.218 e. The molecule has 0 amide bonds. The molecule has 0 spiro atoms. The first-order valence-corrected chi connectivity index (χ1v) is 10.2. The lowest BCUT2D eigenvalue weighted by Gasteiger charge is -2.25. The number of aliphatic imine (C=N–C) groups is 1. The average molecular weight is 402 g/mol. The molecule has 0 radical (unpaired) electrons. The van der Waals surface area contributed by atoms with Crippen LogP contribution in [0.2, 0.25) is 0 Å². The van der Waals surface area contributed by atoms with E-state index < -0.39 is 0 Å². The van der Waals surface area contributed by atoms with E-state index in [4.69, 9.17) is 9.47 Å². The van der Waals surface area contributed by atoms with E-state index in [2.05, 4.69) is 37.6 Å². The second-order valence-corrected chi connectivity index (χ2v) is 7.03. The topological polar surface area (TPSA) is 98.5 Å². The number of methoxy groups -OCH3 is 1. The molecule has 3 rings (SSSR count). The Kier molecular flexibility index (Phi) is 7.80. The molecule has 1 unspecified atom stereocenters. The third-order valence-corrected chi connectivity index (χ3v) is 4.77. The Bertz CT molecular complexity index is 806. The summed E-state index contributed by atoms with van der Waals surface area (Å²) in [6, 6.07) is 4.18. The van der Waals surface area contributed by atoms with Crippen molar-refractivity contribution in [1.82, 2.24) is 30.4 Å². The zero-order valence-corrected chi connectivity index (χ0v) is 17.5. The van der Waals surface area contributed by atoms with E-state index in [-0.39, 0.29) is 6.04 Å². The van der Waals surface area contributed by atoms with Gasteiger partial charge in [0.1, 0.15) is 12.4 Å². The minimum absolute atomic E-state index is 0.236. The molecule has 1 aliphatic heterocycles. The zero-order chi connectivity index (χ0) is 20.5. The van der Waals surface area contributed by atoms with E-state index in [1.54, 1.807) is 20.4 Å². The number of fused-ring (bicyclic) bond motifs is 1. The first kappa shape index (κ1) is 21.0. The molecule has 0 aliphatic carbocycles. The van der Waals surface area contributed by atoms with Crippen LogP contribution in [0.25, 0.3) is 0 Å². The van der Waals surface area contributed by atoms with Crippen molar-refractivity contribution in [2.45, 2.75) is 58.3 Å². The summed E-state index contributed by atoms with van der Waals surface area (Å²) in [4.78, 5) is 13.2. The van der Waals surface area contributed by atoms with Gasteiger partial charge in [0.05, 0.1) is 13.2 Å². The van der Waals surface area contributed by atoms with Crippen LogP contribution in [0.1, 0.15) is 43.4 Å². The van der Waals surface area contributed by atoms with E-state index in [0.29, 0.717) is 25.6 Å². The molecular formula is C20H31N7O2. The van der Waals surface area contributed by atoms with Crippen molar-refractivity contribution in [3.05, 3.63) is 35.5 Å². The van der Waals surface area contributed by atoms with Gasteiger partial charge in [-0.1, -0.05) is 19.4 Å². The number of nitrogens with one attached hydrogen (secondary N) is 2. The molecule has 0 saturated carbocycles. The summed E-state index contributed by atoms with van der Waals surface area (Å²) in [6.45, 7) is 4.61. The van der Waals surface area contributed by atoms with Gasteiger partial charge in [0.2, 0.25) is 5.88 Å². The Morgan fingerprint density at radius 1 is 1.41 bits per heavy atom. The number of nitrogens with zero attached hydrogens (tertiary/aromatic N) is 5. The summed E-state index contributed by atoms with van der Waals surface area (Å²) in [6.07, 6.45) is 5.73. The maximum absolute atomic E-state index is 5.81. The van der Waals surface area contributed by atoms with Gasteiger partial charge in [-0.05, 0) is 18.9 Å². The number of unbranched alkanes of at least 4 members (excludes halogenated alkanes) is 1. The third-order valence-electron chi connectivity index (χ3n) is 4.77. The number of aryl methyl sites for hydroxylation is 1. The predicted molar refractivity (Wildman–Crippen MR) is 111 cm³/mol. The lowest BCUT2D eigenvalue weighted by atomic mass is 10.1. The van der Waals surface area contributed by atoms with Gasteiger partial charge in [-0.25, -0.2) is 14.6 Å². The molecule has 3 heterocycles. The highest BCUT2D eigenvalue weighted by Gasteiger charge is 2.22. The standard InChI is InChI=1S/C20H31N7O2/c1-4-5-11-29-19-15(7-6-10-22-19)12-23-20(21-2)24-16-8-9-18-25-17(14-28-3)26-27(18)13-16/h6-7,10,16H,4-5,8-9,11-14H2,1-3H3,(H2,21,23,24). The van der Waals surface area contributed by atoms with Crippen LogP contribution < -0.4 is 15.4 Å². The van der Waals surface area contributed by atoms with Crippen LogP contribution in [-0.4, -0.2) is 52.5 Å². The Morgan fingerprint density at radius 2 is 2.31 bits per heavy atom. The van der Waals surface area contributed by atoms with Gasteiger partial charge in [-0.2, -0.15) is 5.10 Å². The molecule has 158 valence electrons. The zero-order valence-electron chi connectivity index (χ0n) is 17.5. The molecule has 2 aromatic rings. The lowest BCUT2D eigenvalue weighted by Crippen LogP contribution is -2.46. The fourth-order valence-corrected chi connectivity index (χ4v) is 3.24. The Hall–Kier alpha value is -2.68. The van der Waals surface area contributed by atoms with Crippen molar-refractivity contribution in [2.24, 2.45) is 4.99 Å². The van der Waals surface area contributed by atoms with Crippen LogP contribution in [0.15, 0.2) is 23.3 Å². The molecule has 2 aromatic heterocycles. The first-order chi connectivity index (χ1) is 14.2. The summed E-state index contributed by atoms with van der Waals surface area (Å²) >= 11 is 0. The minimum Gasteiger partial charge on any atom is -0.477 e. The molecule has 1 atom stereocenters. The molecule has 1 aliphatic rings. The van der Waals surface area contributed by atoms with E-state index in [1.807, 2.05) is 16.8 Å². The van der Waals surface area contributed by atoms with Crippen molar-refractivity contribution in [3.8, 4) is 5.88 Å². The van der Waals surface area contributed by atoms with Gasteiger partial charge in [0, 0.05) is 44.9 Å². The number of pyridine rings is 1. The van der Waals surface area contributed by atoms with Crippen LogP contribution in [0.5, 0.6) is 5.88 Å². The lowest BCUT2D eigenvalue weighted by molar-refractivity contribution is 0.177. The summed E-state index contributed by atoms with van der Waals surface area (Å²) in [5.41, 5.74) is 1.01. The van der Waals surface area contributed by atoms with Crippen LogP contribution >= 0.6 is 0 Å². The number of aromatic nitrogens is 4. The van der Waals surface area contributed by atoms with Crippen LogP contribution in [0.4, 0.5) is 0 Å². The van der Waals surface area contributed by atoms with Gasteiger partial charge in [0.15, 0.2) is 11.8 Å². The van der Waals surface area contributed by atoms with Gasteiger partial charge < -0.3 is 20.1 Å². The Balaban J connectivity index is 1.54. The number of ether oxygens (including phenoxy) is 2. The highest BCUT2D eigenvalue weighted by Crippen LogP contribution is 2.15. The second-order valence-electron chi connectivity index (χ2n) is 7.03. The number of guanidine groups is 1. The van der Waals surface area contributed by atoms with E-state index >= 15 is 0 Å². The molecule has 9 heteroatoms. The molecule has 0 bridgehead atoms. The SMILES string of the molecule is CCCCOc1ncccc1CNC(=NC)NC1CCc2nc(COC)nn2C1. The quantitative estimate of drug-likeness (QED) is 0.375. The maximum atomic E-state index is 5.81. The van der Waals surface area contributed by atoms with Crippen LogP contribution in [-0.2, 0) is 30.9 Å². The maximum Gasteiger partial charge on any atom is 0.218 e. The van der Waals surface area contributed by atoms with Gasteiger partial charge >= 0.3 is 0 Å². The molecule has 9 nitrogen and oxygen atoms in total. The van der Waals surface area contributed by atoms with Crippen LogP contribution in [0, 0.1) is 0 Å². The molecule has 2 N–H and O–H groups in total. The monoisotopic (exact) mass is 401 g/mol. The van der Waals surface area contributed by atoms with Crippen molar-refractivity contribution >= 4 is 5.96 Å². The Morgan fingerprint density at radius 3 is 3.10 bits per heavy atom. The van der Waals surface area contributed by atoms with Crippen LogP contribution in [0.3, 0.4) is 0 Å².